The molecule has 0 radical (unpaired) electrons. The molecule has 0 atom stereocenters. The number of hydrogen-bond donors (Lipinski definition) is 0. The van der Waals surface area contributed by atoms with Crippen molar-refractivity contribution in [2.75, 3.05) is 0 Å². The number of benzene rings is 6. The summed E-state index contributed by atoms with van der Waals surface area (Å²) in [4.78, 5) is 0. The fraction of sp³-hybridized carbons (Fsp3) is 0. The third kappa shape index (κ3) is 3.25. The average Bonchev–Trinajstić information content (AvgIpc) is 3.71. The largest absolute Gasteiger partial charge is 0.456 e. The lowest BCUT2D eigenvalue weighted by molar-refractivity contribution is 0.669. The van der Waals surface area contributed by atoms with Crippen molar-refractivity contribution in [3.05, 3.63) is 132 Å². The molecule has 0 aliphatic heterocycles. The first-order valence-electron chi connectivity index (χ1n) is 14.1. The maximum absolute atomic E-state index is 9.54. The van der Waals surface area contributed by atoms with Gasteiger partial charge in [-0.15, -0.1) is 0 Å². The van der Waals surface area contributed by atoms with Crippen LogP contribution in [0.4, 0.5) is 0 Å². The minimum absolute atomic E-state index is 0.646. The molecule has 0 N–H and O–H groups in total. The Morgan fingerprint density at radius 3 is 1.33 bits per heavy atom. The fourth-order valence-electron chi connectivity index (χ4n) is 6.67. The van der Waals surface area contributed by atoms with Crippen LogP contribution in [-0.2, 0) is 0 Å². The van der Waals surface area contributed by atoms with Crippen molar-refractivity contribution < 1.29 is 4.42 Å². The molecule has 0 aliphatic rings. The highest BCUT2D eigenvalue weighted by atomic mass is 16.3. The molecule has 0 bridgehead atoms. The molecule has 43 heavy (non-hydrogen) atoms. The predicted molar refractivity (Wildman–Crippen MR) is 172 cm³/mol. The highest BCUT2D eigenvalue weighted by Gasteiger charge is 2.17. The standard InChI is InChI=1S/C38H20N4O/c39-21-23-9-13-35-29(17-23)27-5-1-3-7-33(27)41(35)25-11-15-37-31(19-25)32-20-26(12-16-38(32)43-37)42-34-8-4-2-6-28(34)30-18-24(22-40)10-14-36(30)42/h1-20H. The van der Waals surface area contributed by atoms with Crippen molar-refractivity contribution in [2.45, 2.75) is 0 Å². The third-order valence-electron chi connectivity index (χ3n) is 8.56. The second kappa shape index (κ2) is 8.60. The van der Waals surface area contributed by atoms with E-state index in [4.69, 9.17) is 4.42 Å². The van der Waals surface area contributed by atoms with Crippen LogP contribution in [0.25, 0.3) is 76.9 Å². The quantitative estimate of drug-likeness (QED) is 0.216. The monoisotopic (exact) mass is 548 g/mol. The summed E-state index contributed by atoms with van der Waals surface area (Å²) in [6, 6.07) is 45.6. The van der Waals surface area contributed by atoms with E-state index in [9.17, 15) is 10.5 Å². The zero-order chi connectivity index (χ0) is 28.7. The maximum atomic E-state index is 9.54. The van der Waals surface area contributed by atoms with Crippen LogP contribution in [0.15, 0.2) is 126 Å². The zero-order valence-electron chi connectivity index (χ0n) is 22.7. The van der Waals surface area contributed by atoms with Gasteiger partial charge in [-0.25, -0.2) is 0 Å². The van der Waals surface area contributed by atoms with E-state index < -0.39 is 0 Å². The first-order valence-corrected chi connectivity index (χ1v) is 14.1. The highest BCUT2D eigenvalue weighted by molar-refractivity contribution is 6.12. The molecule has 0 aliphatic carbocycles. The van der Waals surface area contributed by atoms with Crippen molar-refractivity contribution in [1.29, 1.82) is 10.5 Å². The molecule has 0 unspecified atom stereocenters. The summed E-state index contributed by atoms with van der Waals surface area (Å²) in [5, 5.41) is 25.5. The summed E-state index contributed by atoms with van der Waals surface area (Å²) >= 11 is 0. The van der Waals surface area contributed by atoms with Crippen LogP contribution in [0.1, 0.15) is 11.1 Å². The van der Waals surface area contributed by atoms with E-state index in [0.717, 1.165) is 76.9 Å². The number of rotatable bonds is 2. The van der Waals surface area contributed by atoms with Crippen molar-refractivity contribution in [2.24, 2.45) is 0 Å². The minimum Gasteiger partial charge on any atom is -0.456 e. The van der Waals surface area contributed by atoms with Crippen LogP contribution < -0.4 is 0 Å². The molecule has 5 heteroatoms. The Labute approximate surface area is 245 Å². The Balaban J connectivity index is 1.30. The lowest BCUT2D eigenvalue weighted by Crippen LogP contribution is -1.94. The Bertz CT molecular complexity index is 2520. The first kappa shape index (κ1) is 23.4. The number of para-hydroxylation sites is 2. The van der Waals surface area contributed by atoms with E-state index in [1.54, 1.807) is 0 Å². The summed E-state index contributed by atoms with van der Waals surface area (Å²) in [6.45, 7) is 0. The van der Waals surface area contributed by atoms with Crippen molar-refractivity contribution >= 4 is 65.6 Å². The molecule has 6 aromatic carbocycles. The topological polar surface area (TPSA) is 70.6 Å². The van der Waals surface area contributed by atoms with Crippen LogP contribution in [0.2, 0.25) is 0 Å². The number of aromatic nitrogens is 2. The zero-order valence-corrected chi connectivity index (χ0v) is 22.7. The molecule has 9 rings (SSSR count). The molecule has 0 amide bonds. The van der Waals surface area contributed by atoms with E-state index in [1.165, 1.54) is 0 Å². The third-order valence-corrected chi connectivity index (χ3v) is 8.56. The summed E-state index contributed by atoms with van der Waals surface area (Å²) in [5.41, 5.74) is 9.26. The van der Waals surface area contributed by atoms with Gasteiger partial charge < -0.3 is 13.6 Å². The van der Waals surface area contributed by atoms with Gasteiger partial charge in [0.2, 0.25) is 0 Å². The molecule has 0 saturated carbocycles. The van der Waals surface area contributed by atoms with Gasteiger partial charge in [-0.3, -0.25) is 0 Å². The van der Waals surface area contributed by atoms with Gasteiger partial charge in [0.05, 0.1) is 45.3 Å². The Kier molecular flexibility index (Phi) is 4.68. The summed E-state index contributed by atoms with van der Waals surface area (Å²) in [6.07, 6.45) is 0. The van der Waals surface area contributed by atoms with Crippen LogP contribution in [0.5, 0.6) is 0 Å². The molecule has 0 fully saturated rings. The Hall–Kier alpha value is -6.30. The average molecular weight is 549 g/mol. The number of fused-ring (bicyclic) bond motifs is 9. The van der Waals surface area contributed by atoms with E-state index >= 15 is 0 Å². The molecule has 3 aromatic heterocycles. The Morgan fingerprint density at radius 2 is 0.860 bits per heavy atom. The molecule has 198 valence electrons. The maximum Gasteiger partial charge on any atom is 0.135 e. The predicted octanol–water partition coefficient (Wildman–Crippen LogP) is 9.52. The lowest BCUT2D eigenvalue weighted by atomic mass is 10.1. The van der Waals surface area contributed by atoms with Crippen LogP contribution in [-0.4, -0.2) is 9.13 Å². The molecule has 3 heterocycles. The fourth-order valence-corrected chi connectivity index (χ4v) is 6.67. The Morgan fingerprint density at radius 1 is 0.419 bits per heavy atom. The summed E-state index contributed by atoms with van der Waals surface area (Å²) in [5.74, 6) is 0. The van der Waals surface area contributed by atoms with Crippen LogP contribution in [0, 0.1) is 22.7 Å². The molecule has 9 aromatic rings. The van der Waals surface area contributed by atoms with Gasteiger partial charge in [0.15, 0.2) is 0 Å². The second-order valence-electron chi connectivity index (χ2n) is 10.9. The molecular formula is C38H20N4O. The first-order chi connectivity index (χ1) is 21.2. The van der Waals surface area contributed by atoms with Crippen molar-refractivity contribution in [1.82, 2.24) is 9.13 Å². The number of hydrogen-bond acceptors (Lipinski definition) is 3. The molecule has 0 saturated heterocycles. The summed E-state index contributed by atoms with van der Waals surface area (Å²) < 4.78 is 10.8. The highest BCUT2D eigenvalue weighted by Crippen LogP contribution is 2.38. The number of nitrogens with zero attached hydrogens (tertiary/aromatic N) is 4. The summed E-state index contributed by atoms with van der Waals surface area (Å²) in [7, 11) is 0. The van der Waals surface area contributed by atoms with E-state index in [1.807, 2.05) is 72.8 Å². The van der Waals surface area contributed by atoms with Gasteiger partial charge in [0.25, 0.3) is 0 Å². The lowest BCUT2D eigenvalue weighted by Gasteiger charge is -2.09. The van der Waals surface area contributed by atoms with Crippen LogP contribution in [0.3, 0.4) is 0 Å². The number of furan rings is 1. The van der Waals surface area contributed by atoms with Gasteiger partial charge >= 0.3 is 0 Å². The smallest absolute Gasteiger partial charge is 0.135 e. The normalized spacial score (nSPS) is 11.7. The van der Waals surface area contributed by atoms with Gasteiger partial charge in [-0.05, 0) is 84.9 Å². The molecule has 5 nitrogen and oxygen atoms in total. The van der Waals surface area contributed by atoms with Crippen LogP contribution >= 0.6 is 0 Å². The van der Waals surface area contributed by atoms with Gasteiger partial charge in [-0.2, -0.15) is 10.5 Å². The number of nitriles is 2. The van der Waals surface area contributed by atoms with E-state index in [-0.39, 0.29) is 0 Å². The SMILES string of the molecule is N#Cc1ccc2c(c1)c1ccccc1n2-c1ccc2oc3ccc(-n4c5ccccc5c5cc(C#N)ccc54)cc3c2c1. The van der Waals surface area contributed by atoms with E-state index in [2.05, 4.69) is 69.8 Å². The van der Waals surface area contributed by atoms with Crippen molar-refractivity contribution in [3.8, 4) is 23.5 Å². The van der Waals surface area contributed by atoms with E-state index in [0.29, 0.717) is 11.1 Å². The molecular weight excluding hydrogens is 528 g/mol. The minimum atomic E-state index is 0.646. The molecule has 0 spiro atoms. The van der Waals surface area contributed by atoms with Gasteiger partial charge in [0, 0.05) is 43.7 Å². The van der Waals surface area contributed by atoms with Gasteiger partial charge in [-0.1, -0.05) is 36.4 Å². The van der Waals surface area contributed by atoms with Crippen molar-refractivity contribution in [3.63, 3.8) is 0 Å². The second-order valence-corrected chi connectivity index (χ2v) is 10.9. The van der Waals surface area contributed by atoms with Gasteiger partial charge in [0.1, 0.15) is 11.2 Å².